The van der Waals surface area contributed by atoms with Crippen LogP contribution in [0.2, 0.25) is 13.3 Å². The SMILES string of the molecule is C=CCON1C(=O)N2CC(I)=CC1C2.C=CCON1C(=O)N2CC(c3cnc(OC)s3)=CC1C2.CCC[CH2][Sn]([CH2]CCC)([CH2]CCC)[c]1cnc(OC)s1.COc1ncc(C2=CC3CN(C2)C(=O)N3OS(=O)(=O)[O-])s1.[Na+]. The Bertz CT molecular complexity index is 2630. The first-order chi connectivity index (χ1) is 36.0. The molecule has 21 nitrogen and oxygen atoms in total. The van der Waals surface area contributed by atoms with Crippen LogP contribution in [0.3, 0.4) is 0 Å². The van der Waals surface area contributed by atoms with Crippen molar-refractivity contribution in [1.29, 1.82) is 0 Å². The number of urea groups is 3. The summed E-state index contributed by atoms with van der Waals surface area (Å²) in [7, 11) is -0.152. The maximum Gasteiger partial charge on any atom is 1.00 e. The Morgan fingerprint density at radius 2 is 1.05 bits per heavy atom. The van der Waals surface area contributed by atoms with Gasteiger partial charge in [0.05, 0.1) is 61.9 Å². The second-order valence-corrected chi connectivity index (χ2v) is 37.5. The number of ether oxygens (including phenoxy) is 3. The van der Waals surface area contributed by atoms with Crippen LogP contribution >= 0.6 is 56.6 Å². The molecule has 6 amide bonds. The summed E-state index contributed by atoms with van der Waals surface area (Å²) in [5.74, 6) is 0. The van der Waals surface area contributed by atoms with E-state index in [4.69, 9.17) is 23.9 Å². The van der Waals surface area contributed by atoms with Gasteiger partial charge in [0.25, 0.3) is 10.4 Å². The molecule has 412 valence electrons. The van der Waals surface area contributed by atoms with Gasteiger partial charge >= 0.3 is 181 Å². The summed E-state index contributed by atoms with van der Waals surface area (Å²) >= 11 is 4.66. The Balaban J connectivity index is 0.000000188. The number of thiazole rings is 3. The summed E-state index contributed by atoms with van der Waals surface area (Å²) in [5, 5.41) is 5.43. The smallest absolute Gasteiger partial charge is 0.724 e. The van der Waals surface area contributed by atoms with E-state index in [-0.39, 0.29) is 60.2 Å². The predicted octanol–water partition coefficient (Wildman–Crippen LogP) is 5.57. The third kappa shape index (κ3) is 16.8. The molecule has 0 N–H and O–H groups in total. The van der Waals surface area contributed by atoms with E-state index in [9.17, 15) is 27.4 Å². The van der Waals surface area contributed by atoms with Gasteiger partial charge in [-0.05, 0) is 39.8 Å². The molecule has 0 aliphatic carbocycles. The summed E-state index contributed by atoms with van der Waals surface area (Å²) in [6.45, 7) is 18.1. The molecular formula is C48H67IN9NaO12S4Sn. The van der Waals surface area contributed by atoms with Gasteiger partial charge in [-0.2, -0.15) is 19.5 Å². The maximum absolute atomic E-state index is 12.2. The largest absolute Gasteiger partial charge is 1.00 e. The number of amides is 6. The fraction of sp³-hybridized carbons (Fsp3) is 0.542. The summed E-state index contributed by atoms with van der Waals surface area (Å²) in [6, 6.07) is -1.40. The van der Waals surface area contributed by atoms with Gasteiger partial charge in [0.1, 0.15) is 0 Å². The van der Waals surface area contributed by atoms with Gasteiger partial charge in [-0.3, -0.25) is 9.68 Å². The second-order valence-electron chi connectivity index (χ2n) is 18.0. The number of carbonyl (C=O) groups is 3. The molecule has 6 aliphatic heterocycles. The van der Waals surface area contributed by atoms with E-state index in [2.05, 4.69) is 94.1 Å². The van der Waals surface area contributed by atoms with Gasteiger partial charge in [0, 0.05) is 48.7 Å². The van der Waals surface area contributed by atoms with Crippen LogP contribution in [0.5, 0.6) is 15.6 Å². The molecule has 6 aliphatic rings. The van der Waals surface area contributed by atoms with Gasteiger partial charge in [-0.1, -0.05) is 47.0 Å². The van der Waals surface area contributed by atoms with Gasteiger partial charge in [0.2, 0.25) is 10.4 Å². The van der Waals surface area contributed by atoms with Crippen molar-refractivity contribution in [3.05, 3.63) is 75.5 Å². The molecule has 0 aromatic carbocycles. The zero-order valence-corrected chi connectivity index (χ0v) is 54.5. The van der Waals surface area contributed by atoms with Crippen molar-refractivity contribution >= 4 is 118 Å². The molecule has 0 saturated carbocycles. The van der Waals surface area contributed by atoms with Gasteiger partial charge < -0.3 is 28.7 Å². The average molecular weight is 1360 g/mol. The molecule has 3 saturated heterocycles. The monoisotopic (exact) mass is 1360 g/mol. The fourth-order valence-electron chi connectivity index (χ4n) is 9.12. The third-order valence-corrected chi connectivity index (χ3v) is 35.0. The van der Waals surface area contributed by atoms with Crippen molar-refractivity contribution in [1.82, 2.24) is 44.8 Å². The van der Waals surface area contributed by atoms with Crippen LogP contribution in [0.1, 0.15) is 69.1 Å². The van der Waals surface area contributed by atoms with E-state index in [0.717, 1.165) is 32.6 Å². The molecule has 76 heavy (non-hydrogen) atoms. The van der Waals surface area contributed by atoms with Crippen LogP contribution in [-0.2, 0) is 24.4 Å². The van der Waals surface area contributed by atoms with Crippen molar-refractivity contribution in [2.45, 2.75) is 90.7 Å². The van der Waals surface area contributed by atoms with Crippen molar-refractivity contribution in [3.63, 3.8) is 0 Å². The molecule has 3 atom stereocenters. The quantitative estimate of drug-likeness (QED) is 0.0372. The average Bonchev–Trinajstić information content (AvgIpc) is 4.29. The van der Waals surface area contributed by atoms with Crippen molar-refractivity contribution in [2.24, 2.45) is 0 Å². The van der Waals surface area contributed by atoms with E-state index >= 15 is 0 Å². The number of methoxy groups -OCH3 is 3. The van der Waals surface area contributed by atoms with Crippen molar-refractivity contribution < 1.29 is 85.1 Å². The predicted molar refractivity (Wildman–Crippen MR) is 299 cm³/mol. The first-order valence-electron chi connectivity index (χ1n) is 24.7. The minimum absolute atomic E-state index is 0. The molecule has 0 radical (unpaired) electrons. The number of halogens is 1. The van der Waals surface area contributed by atoms with E-state index in [1.165, 1.54) is 100 Å². The molecule has 9 heterocycles. The first-order valence-corrected chi connectivity index (χ1v) is 37.0. The maximum atomic E-state index is 12.2. The topological polar surface area (TPSA) is 222 Å². The Hall–Kier alpha value is -2.88. The molecule has 9 rings (SSSR count). The van der Waals surface area contributed by atoms with Crippen molar-refractivity contribution in [2.75, 3.05) is 73.8 Å². The standard InChI is InChI=1S/C13H15N3O3S.C10H11N3O6S2.C9H11IN2O2.C4H4NOS.3C4H9.Na.Sn/c1-3-4-19-16-10-5-9(7-15(8-10)13(16)17)11-6-14-12(18-2)20-11;1-18-9-11-3-8(20-9)6-2-7-5-12(4-6)10(14)13(7)19-21(15,16)17;1-2-3-14-12-8-4-7(10)5-11(6-8)9(12)13;1-6-4-5-2-3-7-4;3*1-3-4-2;;/h3,5-6,10H,1,4,7-8H2,2H3;2-3,7H,4-5H2,1H3,(H,15,16,17);2,4,8H,1,3,5-6H2;2H,1H3;3*1,3-4H2,2H3;;/q;;;;;;;+1;/p-1. The minimum Gasteiger partial charge on any atom is -0.724 e. The number of fused-ring (bicyclic) bond motifs is 6. The number of unbranched alkanes of at least 4 members (excludes halogenated alkanes) is 3. The number of aromatic nitrogens is 3. The van der Waals surface area contributed by atoms with Crippen LogP contribution in [-0.4, -0.2) is 186 Å². The van der Waals surface area contributed by atoms with Crippen molar-refractivity contribution in [3.8, 4) is 15.6 Å². The van der Waals surface area contributed by atoms with Gasteiger partial charge in [-0.25, -0.2) is 32.8 Å². The minimum atomic E-state index is -4.99. The number of hydroxylamine groups is 6. The second kappa shape index (κ2) is 30.6. The molecular weight excluding hydrogens is 1290 g/mol. The first kappa shape index (κ1) is 63.9. The zero-order valence-electron chi connectivity index (χ0n) is 44.2. The van der Waals surface area contributed by atoms with Crippen LogP contribution in [0.25, 0.3) is 11.1 Å². The Morgan fingerprint density at radius 3 is 1.45 bits per heavy atom. The summed E-state index contributed by atoms with van der Waals surface area (Å²) in [4.78, 5) is 66.0. The molecule has 3 fully saturated rings. The number of carbonyl (C=O) groups excluding carboxylic acids is 3. The number of hydrogen-bond donors (Lipinski definition) is 0. The van der Waals surface area contributed by atoms with Crippen LogP contribution in [0, 0.1) is 0 Å². The Kier molecular flexibility index (Phi) is 25.8. The van der Waals surface area contributed by atoms with Gasteiger partial charge in [-0.15, -0.1) is 13.2 Å². The summed E-state index contributed by atoms with van der Waals surface area (Å²) in [6.07, 6.45) is 22.9. The van der Waals surface area contributed by atoms with E-state index in [0.29, 0.717) is 54.8 Å². The Morgan fingerprint density at radius 1 is 0.658 bits per heavy atom. The molecule has 3 unspecified atom stereocenters. The fourth-order valence-corrected chi connectivity index (χ4v) is 31.2. The summed E-state index contributed by atoms with van der Waals surface area (Å²) in [5.41, 5.74) is 1.88. The van der Waals surface area contributed by atoms with Crippen LogP contribution in [0.15, 0.2) is 65.7 Å². The molecule has 3 aromatic rings. The number of nitrogens with zero attached hydrogens (tertiary/aromatic N) is 9. The van der Waals surface area contributed by atoms with Crippen LogP contribution < -0.4 is 46.7 Å². The molecule has 3 aromatic heterocycles. The van der Waals surface area contributed by atoms with E-state index in [1.54, 1.807) is 57.5 Å². The van der Waals surface area contributed by atoms with Crippen LogP contribution in [0.4, 0.5) is 14.4 Å². The number of rotatable bonds is 23. The third-order valence-electron chi connectivity index (χ3n) is 12.7. The number of hydrogen-bond acceptors (Lipinski definition) is 18. The summed E-state index contributed by atoms with van der Waals surface area (Å²) < 4.78 is 59.1. The molecule has 6 bridgehead atoms. The normalized spacial score (nSPS) is 19.3. The van der Waals surface area contributed by atoms with E-state index < -0.39 is 40.8 Å². The van der Waals surface area contributed by atoms with Gasteiger partial charge in [0.15, 0.2) is 0 Å². The Labute approximate surface area is 498 Å². The molecule has 28 heteroatoms. The molecule has 0 spiro atoms. The zero-order chi connectivity index (χ0) is 54.3. The van der Waals surface area contributed by atoms with E-state index in [1.807, 2.05) is 11.3 Å².